The standard InChI is InChI=1S/C20H30N2O3/c1-3-4-15-25-20(24)22-13-11-18(12-14-22)21-19(23)10-9-17-7-5-16(2)6-8-17/h5-8,18H,3-4,9-15H2,1-2H3,(H,21,23). The largest absolute Gasteiger partial charge is 0.449 e. The lowest BCUT2D eigenvalue weighted by Crippen LogP contribution is -2.46. The van der Waals surface area contributed by atoms with Crippen molar-refractivity contribution in [3.8, 4) is 0 Å². The molecule has 0 atom stereocenters. The number of likely N-dealkylation sites (tertiary alicyclic amines) is 1. The van der Waals surface area contributed by atoms with Gasteiger partial charge in [0.1, 0.15) is 0 Å². The van der Waals surface area contributed by atoms with Crippen LogP contribution in [0.25, 0.3) is 0 Å². The molecule has 25 heavy (non-hydrogen) atoms. The first kappa shape index (κ1) is 19.3. The number of benzene rings is 1. The van der Waals surface area contributed by atoms with Gasteiger partial charge in [0, 0.05) is 25.6 Å². The third-order valence-electron chi connectivity index (χ3n) is 4.60. The van der Waals surface area contributed by atoms with Gasteiger partial charge < -0.3 is 15.0 Å². The van der Waals surface area contributed by atoms with Crippen LogP contribution in [0.2, 0.25) is 0 Å². The molecule has 1 N–H and O–H groups in total. The molecular weight excluding hydrogens is 316 g/mol. The van der Waals surface area contributed by atoms with Crippen molar-refractivity contribution in [3.05, 3.63) is 35.4 Å². The number of carbonyl (C=O) groups excluding carboxylic acids is 2. The highest BCUT2D eigenvalue weighted by molar-refractivity contribution is 5.76. The minimum Gasteiger partial charge on any atom is -0.449 e. The van der Waals surface area contributed by atoms with E-state index < -0.39 is 0 Å². The molecule has 1 fully saturated rings. The van der Waals surface area contributed by atoms with Gasteiger partial charge in [-0.15, -0.1) is 0 Å². The van der Waals surface area contributed by atoms with Crippen LogP contribution in [0.3, 0.4) is 0 Å². The molecule has 0 unspecified atom stereocenters. The molecule has 1 aromatic carbocycles. The highest BCUT2D eigenvalue weighted by Gasteiger charge is 2.24. The van der Waals surface area contributed by atoms with Gasteiger partial charge in [-0.05, 0) is 38.2 Å². The third kappa shape index (κ3) is 6.77. The van der Waals surface area contributed by atoms with E-state index in [1.165, 1.54) is 11.1 Å². The number of aryl methyl sites for hydroxylation is 2. The van der Waals surface area contributed by atoms with Gasteiger partial charge in [-0.2, -0.15) is 0 Å². The number of piperidine rings is 1. The summed E-state index contributed by atoms with van der Waals surface area (Å²) in [7, 11) is 0. The Morgan fingerprint density at radius 2 is 1.88 bits per heavy atom. The maximum Gasteiger partial charge on any atom is 0.409 e. The first-order valence-corrected chi connectivity index (χ1v) is 9.35. The van der Waals surface area contributed by atoms with E-state index in [4.69, 9.17) is 4.74 Å². The molecule has 0 spiro atoms. The number of unbranched alkanes of at least 4 members (excludes halogenated alkanes) is 1. The van der Waals surface area contributed by atoms with Crippen molar-refractivity contribution < 1.29 is 14.3 Å². The Labute approximate surface area is 150 Å². The molecule has 1 heterocycles. The lowest BCUT2D eigenvalue weighted by molar-refractivity contribution is -0.122. The van der Waals surface area contributed by atoms with Gasteiger partial charge >= 0.3 is 6.09 Å². The summed E-state index contributed by atoms with van der Waals surface area (Å²) in [4.78, 5) is 25.8. The van der Waals surface area contributed by atoms with Gasteiger partial charge in [-0.25, -0.2) is 4.79 Å². The van der Waals surface area contributed by atoms with Crippen molar-refractivity contribution in [1.82, 2.24) is 10.2 Å². The lowest BCUT2D eigenvalue weighted by Gasteiger charge is -2.31. The Kier molecular flexibility index (Phi) is 7.76. The van der Waals surface area contributed by atoms with Crippen LogP contribution in [-0.4, -0.2) is 42.6 Å². The first-order valence-electron chi connectivity index (χ1n) is 9.35. The number of nitrogens with one attached hydrogen (secondary N) is 1. The molecule has 0 bridgehead atoms. The quantitative estimate of drug-likeness (QED) is 0.769. The summed E-state index contributed by atoms with van der Waals surface area (Å²) >= 11 is 0. The minimum atomic E-state index is -0.224. The van der Waals surface area contributed by atoms with Crippen LogP contribution in [0.4, 0.5) is 4.79 Å². The molecule has 1 aromatic rings. The fourth-order valence-electron chi connectivity index (χ4n) is 2.91. The number of nitrogens with zero attached hydrogens (tertiary/aromatic N) is 1. The zero-order valence-electron chi connectivity index (χ0n) is 15.4. The summed E-state index contributed by atoms with van der Waals surface area (Å²) in [5, 5.41) is 3.09. The third-order valence-corrected chi connectivity index (χ3v) is 4.60. The summed E-state index contributed by atoms with van der Waals surface area (Å²) < 4.78 is 5.23. The average molecular weight is 346 g/mol. The minimum absolute atomic E-state index is 0.0875. The zero-order valence-corrected chi connectivity index (χ0v) is 15.4. The summed E-state index contributed by atoms with van der Waals surface area (Å²) in [5.41, 5.74) is 2.42. The fraction of sp³-hybridized carbons (Fsp3) is 0.600. The molecule has 0 radical (unpaired) electrons. The van der Waals surface area contributed by atoms with Gasteiger partial charge in [-0.1, -0.05) is 43.2 Å². The van der Waals surface area contributed by atoms with Crippen LogP contribution < -0.4 is 5.32 Å². The van der Waals surface area contributed by atoms with E-state index in [1.807, 2.05) is 0 Å². The SMILES string of the molecule is CCCCOC(=O)N1CCC(NC(=O)CCc2ccc(C)cc2)CC1. The lowest BCUT2D eigenvalue weighted by atomic mass is 10.0. The van der Waals surface area contributed by atoms with Gasteiger partial charge in [0.05, 0.1) is 6.61 Å². The maximum atomic E-state index is 12.1. The molecule has 2 rings (SSSR count). The second kappa shape index (κ2) is 10.1. The van der Waals surface area contributed by atoms with Crippen LogP contribution in [0.15, 0.2) is 24.3 Å². The number of ether oxygens (including phenoxy) is 1. The molecule has 2 amide bonds. The van der Waals surface area contributed by atoms with Crippen molar-refractivity contribution >= 4 is 12.0 Å². The molecule has 1 aliphatic rings. The number of amides is 2. The molecule has 0 aromatic heterocycles. The molecule has 5 nitrogen and oxygen atoms in total. The molecule has 5 heteroatoms. The van der Waals surface area contributed by atoms with E-state index in [-0.39, 0.29) is 18.0 Å². The summed E-state index contributed by atoms with van der Waals surface area (Å²) in [5.74, 6) is 0.0875. The Hall–Kier alpha value is -2.04. The van der Waals surface area contributed by atoms with Crippen molar-refractivity contribution in [2.75, 3.05) is 19.7 Å². The Morgan fingerprint density at radius 3 is 2.52 bits per heavy atom. The zero-order chi connectivity index (χ0) is 18.1. The predicted octanol–water partition coefficient (Wildman–Crippen LogP) is 3.44. The van der Waals surface area contributed by atoms with Gasteiger partial charge in [0.2, 0.25) is 5.91 Å². The second-order valence-corrected chi connectivity index (χ2v) is 6.78. The smallest absolute Gasteiger partial charge is 0.409 e. The van der Waals surface area contributed by atoms with Crippen LogP contribution >= 0.6 is 0 Å². The molecule has 1 aliphatic heterocycles. The molecule has 0 aliphatic carbocycles. The Balaban J connectivity index is 1.64. The molecule has 138 valence electrons. The van der Waals surface area contributed by atoms with Gasteiger partial charge in [0.15, 0.2) is 0 Å². The van der Waals surface area contributed by atoms with Gasteiger partial charge in [0.25, 0.3) is 0 Å². The molecule has 1 saturated heterocycles. The van der Waals surface area contributed by atoms with E-state index in [0.717, 1.165) is 32.1 Å². The van der Waals surface area contributed by atoms with Crippen molar-refractivity contribution in [2.45, 2.75) is 58.4 Å². The Bertz CT molecular complexity index is 549. The summed E-state index contributed by atoms with van der Waals surface area (Å²) in [6.45, 7) is 5.91. The van der Waals surface area contributed by atoms with E-state index in [2.05, 4.69) is 43.4 Å². The number of carbonyl (C=O) groups is 2. The first-order chi connectivity index (χ1) is 12.1. The predicted molar refractivity (Wildman–Crippen MR) is 98.5 cm³/mol. The van der Waals surface area contributed by atoms with Crippen LogP contribution in [0.5, 0.6) is 0 Å². The number of rotatable bonds is 7. The van der Waals surface area contributed by atoms with Crippen LogP contribution in [-0.2, 0) is 16.0 Å². The van der Waals surface area contributed by atoms with E-state index >= 15 is 0 Å². The van der Waals surface area contributed by atoms with Crippen molar-refractivity contribution in [1.29, 1.82) is 0 Å². The van der Waals surface area contributed by atoms with Crippen LogP contribution in [0.1, 0.15) is 50.2 Å². The van der Waals surface area contributed by atoms with E-state index in [0.29, 0.717) is 26.1 Å². The summed E-state index contributed by atoms with van der Waals surface area (Å²) in [6.07, 6.45) is 4.54. The topological polar surface area (TPSA) is 58.6 Å². The number of hydrogen-bond donors (Lipinski definition) is 1. The Morgan fingerprint density at radius 1 is 1.20 bits per heavy atom. The normalized spacial score (nSPS) is 15.0. The highest BCUT2D eigenvalue weighted by atomic mass is 16.6. The van der Waals surface area contributed by atoms with E-state index in [9.17, 15) is 9.59 Å². The van der Waals surface area contributed by atoms with Crippen molar-refractivity contribution in [2.24, 2.45) is 0 Å². The number of hydrogen-bond acceptors (Lipinski definition) is 3. The summed E-state index contributed by atoms with van der Waals surface area (Å²) in [6, 6.07) is 8.45. The van der Waals surface area contributed by atoms with Crippen molar-refractivity contribution in [3.63, 3.8) is 0 Å². The maximum absolute atomic E-state index is 12.1. The monoisotopic (exact) mass is 346 g/mol. The molecular formula is C20H30N2O3. The second-order valence-electron chi connectivity index (χ2n) is 6.78. The van der Waals surface area contributed by atoms with Gasteiger partial charge in [-0.3, -0.25) is 4.79 Å². The van der Waals surface area contributed by atoms with E-state index in [1.54, 1.807) is 4.90 Å². The average Bonchev–Trinajstić information content (AvgIpc) is 2.62. The van der Waals surface area contributed by atoms with Crippen LogP contribution in [0, 0.1) is 6.92 Å². The molecule has 0 saturated carbocycles. The fourth-order valence-corrected chi connectivity index (χ4v) is 2.91. The highest BCUT2D eigenvalue weighted by Crippen LogP contribution is 2.12.